The Bertz CT molecular complexity index is 469. The van der Waals surface area contributed by atoms with Gasteiger partial charge >= 0.3 is 5.97 Å². The number of carboxylic acid groups (broad SMARTS) is 1. The van der Waals surface area contributed by atoms with Gasteiger partial charge in [0.2, 0.25) is 5.76 Å². The Hall–Kier alpha value is -1.82. The Balaban J connectivity index is 2.15. The molecule has 2 aromatic rings. The standard InChI is InChI=1S/C9H6N2O3S/c12-9(13)6-1-2-8(14-6)15-7-5-10-3-4-11-7/h1-5H,(H,12,13). The van der Waals surface area contributed by atoms with E-state index in [2.05, 4.69) is 9.97 Å². The maximum absolute atomic E-state index is 10.5. The third-order valence-corrected chi connectivity index (χ3v) is 2.38. The van der Waals surface area contributed by atoms with Crippen LogP contribution in [0.4, 0.5) is 0 Å². The highest BCUT2D eigenvalue weighted by atomic mass is 32.2. The fraction of sp³-hybridized carbons (Fsp3) is 0. The molecular formula is C9H6N2O3S. The van der Waals surface area contributed by atoms with Crippen molar-refractivity contribution in [3.8, 4) is 0 Å². The molecule has 0 aromatic carbocycles. The van der Waals surface area contributed by atoms with E-state index in [-0.39, 0.29) is 5.76 Å². The van der Waals surface area contributed by atoms with Gasteiger partial charge in [-0.2, -0.15) is 0 Å². The lowest BCUT2D eigenvalue weighted by Gasteiger charge is -1.94. The number of nitrogens with zero attached hydrogens (tertiary/aromatic N) is 2. The van der Waals surface area contributed by atoms with Gasteiger partial charge in [0.05, 0.1) is 6.20 Å². The molecule has 2 rings (SSSR count). The molecule has 0 radical (unpaired) electrons. The molecule has 0 amide bonds. The molecule has 0 fully saturated rings. The van der Waals surface area contributed by atoms with E-state index in [1.807, 2.05) is 0 Å². The molecule has 0 saturated heterocycles. The van der Waals surface area contributed by atoms with Crippen molar-refractivity contribution in [1.82, 2.24) is 9.97 Å². The summed E-state index contributed by atoms with van der Waals surface area (Å²) in [5.41, 5.74) is 0. The van der Waals surface area contributed by atoms with E-state index >= 15 is 0 Å². The van der Waals surface area contributed by atoms with Crippen molar-refractivity contribution in [2.24, 2.45) is 0 Å². The molecule has 0 aliphatic rings. The molecular weight excluding hydrogens is 216 g/mol. The van der Waals surface area contributed by atoms with Crippen LogP contribution >= 0.6 is 11.8 Å². The van der Waals surface area contributed by atoms with E-state index in [0.717, 1.165) is 0 Å². The van der Waals surface area contributed by atoms with Gasteiger partial charge < -0.3 is 9.52 Å². The Morgan fingerprint density at radius 1 is 1.40 bits per heavy atom. The third kappa shape index (κ3) is 2.35. The number of aromatic carboxylic acids is 1. The van der Waals surface area contributed by atoms with Gasteiger partial charge in [-0.25, -0.2) is 9.78 Å². The fourth-order valence-corrected chi connectivity index (χ4v) is 1.63. The molecule has 0 aliphatic carbocycles. The maximum atomic E-state index is 10.5. The molecule has 0 bridgehead atoms. The van der Waals surface area contributed by atoms with E-state index in [4.69, 9.17) is 9.52 Å². The first kappa shape index (κ1) is 9.72. The van der Waals surface area contributed by atoms with Crippen molar-refractivity contribution >= 4 is 17.7 Å². The highest BCUT2D eigenvalue weighted by molar-refractivity contribution is 7.99. The van der Waals surface area contributed by atoms with Crippen LogP contribution in [0.25, 0.3) is 0 Å². The second-order valence-electron chi connectivity index (χ2n) is 2.57. The van der Waals surface area contributed by atoms with Gasteiger partial charge in [0, 0.05) is 12.4 Å². The molecule has 15 heavy (non-hydrogen) atoms. The molecule has 0 aliphatic heterocycles. The Morgan fingerprint density at radius 3 is 2.87 bits per heavy atom. The number of furan rings is 1. The second kappa shape index (κ2) is 4.14. The molecule has 6 heteroatoms. The smallest absolute Gasteiger partial charge is 0.371 e. The van der Waals surface area contributed by atoms with E-state index in [1.54, 1.807) is 24.7 Å². The number of hydrogen-bond acceptors (Lipinski definition) is 5. The zero-order valence-electron chi connectivity index (χ0n) is 7.45. The first-order chi connectivity index (χ1) is 7.25. The number of hydrogen-bond donors (Lipinski definition) is 1. The summed E-state index contributed by atoms with van der Waals surface area (Å²) in [4.78, 5) is 18.4. The van der Waals surface area contributed by atoms with Gasteiger partial charge in [0.25, 0.3) is 0 Å². The molecule has 0 atom stereocenters. The lowest BCUT2D eigenvalue weighted by molar-refractivity contribution is 0.0656. The number of rotatable bonds is 3. The summed E-state index contributed by atoms with van der Waals surface area (Å²) in [6, 6.07) is 2.99. The van der Waals surface area contributed by atoms with E-state index in [1.165, 1.54) is 17.8 Å². The second-order valence-corrected chi connectivity index (χ2v) is 3.59. The van der Waals surface area contributed by atoms with Crippen LogP contribution in [0.1, 0.15) is 10.6 Å². The summed E-state index contributed by atoms with van der Waals surface area (Å²) in [6.07, 6.45) is 4.70. The minimum atomic E-state index is -1.08. The van der Waals surface area contributed by atoms with Crippen molar-refractivity contribution in [3.63, 3.8) is 0 Å². The molecule has 5 nitrogen and oxygen atoms in total. The minimum Gasteiger partial charge on any atom is -0.475 e. The van der Waals surface area contributed by atoms with Crippen LogP contribution in [-0.4, -0.2) is 21.0 Å². The average molecular weight is 222 g/mol. The van der Waals surface area contributed by atoms with Gasteiger partial charge in [0.15, 0.2) is 5.09 Å². The maximum Gasteiger partial charge on any atom is 0.371 e. The summed E-state index contributed by atoms with van der Waals surface area (Å²) >= 11 is 1.22. The predicted octanol–water partition coefficient (Wildman–Crippen LogP) is 1.92. The fourth-order valence-electron chi connectivity index (χ4n) is 0.931. The minimum absolute atomic E-state index is 0.0820. The monoisotopic (exact) mass is 222 g/mol. The van der Waals surface area contributed by atoms with Crippen LogP contribution in [-0.2, 0) is 0 Å². The Morgan fingerprint density at radius 2 is 2.27 bits per heavy atom. The molecule has 0 spiro atoms. The van der Waals surface area contributed by atoms with Gasteiger partial charge in [-0.3, -0.25) is 4.98 Å². The van der Waals surface area contributed by atoms with Crippen molar-refractivity contribution in [3.05, 3.63) is 36.5 Å². The Labute approximate surface area is 89.2 Å². The normalized spacial score (nSPS) is 10.1. The first-order valence-corrected chi connectivity index (χ1v) is 4.84. The molecule has 2 heterocycles. The molecule has 76 valence electrons. The van der Waals surface area contributed by atoms with Crippen molar-refractivity contribution in [2.75, 3.05) is 0 Å². The predicted molar refractivity (Wildman–Crippen MR) is 51.8 cm³/mol. The topological polar surface area (TPSA) is 76.2 Å². The van der Waals surface area contributed by atoms with E-state index < -0.39 is 5.97 Å². The van der Waals surface area contributed by atoms with Gasteiger partial charge in [-0.15, -0.1) is 0 Å². The lowest BCUT2D eigenvalue weighted by Crippen LogP contribution is -1.91. The summed E-state index contributed by atoms with van der Waals surface area (Å²) in [6.45, 7) is 0. The molecule has 0 unspecified atom stereocenters. The zero-order valence-corrected chi connectivity index (χ0v) is 8.27. The third-order valence-electron chi connectivity index (χ3n) is 1.54. The molecule has 2 aromatic heterocycles. The van der Waals surface area contributed by atoms with Crippen LogP contribution in [0.5, 0.6) is 0 Å². The number of aromatic nitrogens is 2. The molecule has 0 saturated carbocycles. The average Bonchev–Trinajstić information content (AvgIpc) is 2.68. The summed E-state index contributed by atoms with van der Waals surface area (Å²) in [7, 11) is 0. The van der Waals surface area contributed by atoms with Gasteiger partial charge in [-0.1, -0.05) is 0 Å². The summed E-state index contributed by atoms with van der Waals surface area (Å²) < 4.78 is 5.04. The van der Waals surface area contributed by atoms with Crippen molar-refractivity contribution in [1.29, 1.82) is 0 Å². The SMILES string of the molecule is O=C(O)c1ccc(Sc2cnccn2)o1. The van der Waals surface area contributed by atoms with Crippen molar-refractivity contribution < 1.29 is 14.3 Å². The van der Waals surface area contributed by atoms with Crippen LogP contribution in [0.2, 0.25) is 0 Å². The zero-order chi connectivity index (χ0) is 10.7. The first-order valence-electron chi connectivity index (χ1n) is 4.03. The summed E-state index contributed by atoms with van der Waals surface area (Å²) in [5.74, 6) is -1.16. The van der Waals surface area contributed by atoms with Crippen LogP contribution < -0.4 is 0 Å². The Kier molecular flexibility index (Phi) is 2.68. The van der Waals surface area contributed by atoms with E-state index in [9.17, 15) is 4.79 Å². The van der Waals surface area contributed by atoms with Gasteiger partial charge in [-0.05, 0) is 23.9 Å². The van der Waals surface area contributed by atoms with Crippen LogP contribution in [0, 0.1) is 0 Å². The number of carbonyl (C=O) groups is 1. The largest absolute Gasteiger partial charge is 0.475 e. The van der Waals surface area contributed by atoms with Gasteiger partial charge in [0.1, 0.15) is 5.03 Å². The van der Waals surface area contributed by atoms with Crippen LogP contribution in [0.15, 0.2) is 45.3 Å². The van der Waals surface area contributed by atoms with Crippen molar-refractivity contribution in [2.45, 2.75) is 10.1 Å². The number of carboxylic acids is 1. The lowest BCUT2D eigenvalue weighted by atomic mass is 10.5. The summed E-state index contributed by atoms with van der Waals surface area (Å²) in [5, 5.41) is 9.77. The van der Waals surface area contributed by atoms with E-state index in [0.29, 0.717) is 10.1 Å². The van der Waals surface area contributed by atoms with Crippen LogP contribution in [0.3, 0.4) is 0 Å². The quantitative estimate of drug-likeness (QED) is 0.854. The molecule has 1 N–H and O–H groups in total. The highest BCUT2D eigenvalue weighted by Crippen LogP contribution is 2.26. The highest BCUT2D eigenvalue weighted by Gasteiger charge is 2.09.